The molecule has 8 nitrogen and oxygen atoms in total. The highest BCUT2D eigenvalue weighted by atomic mass is 16.2. The minimum atomic E-state index is -1.13. The molecule has 0 bridgehead atoms. The summed E-state index contributed by atoms with van der Waals surface area (Å²) in [5.74, 6) is -0.432. The molecule has 0 aliphatic carbocycles. The fourth-order valence-electron chi connectivity index (χ4n) is 4.64. The number of aryl methyl sites for hydroxylation is 1. The predicted molar refractivity (Wildman–Crippen MR) is 127 cm³/mol. The second-order valence-electron chi connectivity index (χ2n) is 9.21. The maximum atomic E-state index is 13.0. The first-order valence-electron chi connectivity index (χ1n) is 11.5. The summed E-state index contributed by atoms with van der Waals surface area (Å²) in [7, 11) is 0. The molecule has 0 saturated carbocycles. The van der Waals surface area contributed by atoms with Crippen molar-refractivity contribution < 1.29 is 14.4 Å². The van der Waals surface area contributed by atoms with E-state index in [9.17, 15) is 14.4 Å². The average Bonchev–Trinajstić information content (AvgIpc) is 3.44. The lowest BCUT2D eigenvalue weighted by Crippen LogP contribution is -2.41. The number of rotatable bonds is 4. The third-order valence-corrected chi connectivity index (χ3v) is 6.87. The number of amides is 4. The van der Waals surface area contributed by atoms with E-state index in [-0.39, 0.29) is 11.9 Å². The zero-order chi connectivity index (χ0) is 23.9. The van der Waals surface area contributed by atoms with Crippen molar-refractivity contribution in [1.82, 2.24) is 25.3 Å². The molecule has 2 aliphatic heterocycles. The van der Waals surface area contributed by atoms with E-state index < -0.39 is 17.5 Å². The van der Waals surface area contributed by atoms with Crippen molar-refractivity contribution >= 4 is 17.8 Å². The van der Waals surface area contributed by atoms with E-state index in [2.05, 4.69) is 53.1 Å². The lowest BCUT2D eigenvalue weighted by atomic mass is 9.91. The molecular weight excluding hydrogens is 430 g/mol. The predicted octanol–water partition coefficient (Wildman–Crippen LogP) is 3.39. The minimum absolute atomic E-state index is 0.0316. The molecule has 2 saturated heterocycles. The second-order valence-corrected chi connectivity index (χ2v) is 9.21. The zero-order valence-corrected chi connectivity index (χ0v) is 19.2. The molecule has 2 aliphatic rings. The molecule has 34 heavy (non-hydrogen) atoms. The highest BCUT2D eigenvalue weighted by molar-refractivity contribution is 6.07. The normalized spacial score (nSPS) is 20.8. The zero-order valence-electron chi connectivity index (χ0n) is 19.2. The summed E-state index contributed by atoms with van der Waals surface area (Å²) in [4.78, 5) is 38.6. The van der Waals surface area contributed by atoms with Gasteiger partial charge < -0.3 is 10.2 Å². The van der Waals surface area contributed by atoms with Crippen molar-refractivity contribution in [2.45, 2.75) is 38.3 Å². The number of nitrogens with zero attached hydrogens (tertiary/aromatic N) is 3. The molecule has 0 spiro atoms. The first-order valence-corrected chi connectivity index (χ1v) is 11.5. The van der Waals surface area contributed by atoms with Gasteiger partial charge in [-0.05, 0) is 49.9 Å². The Balaban J connectivity index is 1.21. The van der Waals surface area contributed by atoms with Gasteiger partial charge in [-0.1, -0.05) is 42.0 Å². The Morgan fingerprint density at radius 3 is 2.29 bits per heavy atom. The van der Waals surface area contributed by atoms with Gasteiger partial charge in [0.2, 0.25) is 0 Å². The highest BCUT2D eigenvalue weighted by Crippen LogP contribution is 2.28. The molecule has 0 radical (unpaired) electrons. The van der Waals surface area contributed by atoms with Gasteiger partial charge in [-0.25, -0.2) is 4.79 Å². The van der Waals surface area contributed by atoms with Gasteiger partial charge in [0, 0.05) is 30.4 Å². The van der Waals surface area contributed by atoms with E-state index in [0.29, 0.717) is 24.2 Å². The Hall–Kier alpha value is -3.94. The maximum Gasteiger partial charge on any atom is 0.322 e. The number of carbonyl (C=O) groups is 3. The molecule has 2 aromatic carbocycles. The van der Waals surface area contributed by atoms with E-state index in [1.165, 1.54) is 5.56 Å². The van der Waals surface area contributed by atoms with Crippen LogP contribution in [0.15, 0.2) is 60.9 Å². The van der Waals surface area contributed by atoms with Gasteiger partial charge in [0.1, 0.15) is 5.54 Å². The van der Waals surface area contributed by atoms with Gasteiger partial charge in [-0.15, -0.1) is 0 Å². The van der Waals surface area contributed by atoms with Gasteiger partial charge >= 0.3 is 6.03 Å². The summed E-state index contributed by atoms with van der Waals surface area (Å²) in [5, 5.41) is 9.48. The molecular formula is C26H27N5O3. The van der Waals surface area contributed by atoms with Gasteiger partial charge in [-0.2, -0.15) is 5.10 Å². The summed E-state index contributed by atoms with van der Waals surface area (Å²) in [6, 6.07) is 15.0. The number of likely N-dealkylation sites (tertiary alicyclic amines) is 1. The number of carbonyl (C=O) groups excluding carboxylic acids is 3. The van der Waals surface area contributed by atoms with Crippen LogP contribution in [-0.2, 0) is 10.3 Å². The van der Waals surface area contributed by atoms with Crippen LogP contribution in [0.4, 0.5) is 4.79 Å². The fourth-order valence-corrected chi connectivity index (χ4v) is 4.64. The number of aromatic nitrogens is 2. The Bertz CT molecular complexity index is 1240. The van der Waals surface area contributed by atoms with Crippen molar-refractivity contribution in [3.8, 4) is 11.1 Å². The smallest absolute Gasteiger partial charge is 0.322 e. The van der Waals surface area contributed by atoms with Gasteiger partial charge in [0.25, 0.3) is 11.8 Å². The third-order valence-electron chi connectivity index (χ3n) is 6.87. The molecule has 174 valence electrons. The average molecular weight is 458 g/mol. The highest BCUT2D eigenvalue weighted by Gasteiger charge is 2.43. The summed E-state index contributed by atoms with van der Waals surface area (Å²) in [6.45, 7) is 5.03. The van der Waals surface area contributed by atoms with Crippen LogP contribution < -0.4 is 10.6 Å². The number of piperidine rings is 1. The van der Waals surface area contributed by atoms with Crippen molar-refractivity contribution in [3.63, 3.8) is 0 Å². The van der Waals surface area contributed by atoms with Crippen LogP contribution in [0.25, 0.3) is 11.1 Å². The van der Waals surface area contributed by atoms with Crippen LogP contribution in [0.5, 0.6) is 0 Å². The standard InChI is InChI=1S/C26H27N5O3/c1-17-3-5-18(6-4-17)20-15-27-31(16-20)22-11-13-30(14-12-22)23(32)19-7-9-21(10-8-19)26(2)24(33)28-25(34)29-26/h3-10,15-16,22H,11-14H2,1-2H3,(H2,28,29,33,34)/t26-/m1/s1. The lowest BCUT2D eigenvalue weighted by Gasteiger charge is -2.32. The molecule has 0 unspecified atom stereocenters. The number of nitrogens with one attached hydrogen (secondary N) is 2. The Morgan fingerprint density at radius 2 is 1.68 bits per heavy atom. The van der Waals surface area contributed by atoms with Gasteiger partial charge in [0.15, 0.2) is 0 Å². The number of hydrogen-bond acceptors (Lipinski definition) is 4. The van der Waals surface area contributed by atoms with Crippen LogP contribution in [0.3, 0.4) is 0 Å². The van der Waals surface area contributed by atoms with Crippen LogP contribution >= 0.6 is 0 Å². The third kappa shape index (κ3) is 3.96. The Labute approximate surface area is 197 Å². The Morgan fingerprint density at radius 1 is 1.00 bits per heavy atom. The number of benzene rings is 2. The number of urea groups is 1. The van der Waals surface area contributed by atoms with E-state index in [0.717, 1.165) is 24.0 Å². The SMILES string of the molecule is Cc1ccc(-c2cnn(C3CCN(C(=O)c4ccc([C@@]5(C)NC(=O)NC5=O)cc4)CC3)c2)cc1. The molecule has 8 heteroatoms. The lowest BCUT2D eigenvalue weighted by molar-refractivity contribution is -0.123. The summed E-state index contributed by atoms with van der Waals surface area (Å²) < 4.78 is 2.02. The van der Waals surface area contributed by atoms with Crippen molar-refractivity contribution in [3.05, 3.63) is 77.6 Å². The van der Waals surface area contributed by atoms with Crippen molar-refractivity contribution in [1.29, 1.82) is 0 Å². The molecule has 3 heterocycles. The number of imide groups is 1. The van der Waals surface area contributed by atoms with Crippen LogP contribution in [0, 0.1) is 6.92 Å². The van der Waals surface area contributed by atoms with E-state index in [1.54, 1.807) is 31.2 Å². The quantitative estimate of drug-likeness (QED) is 0.587. The largest absolute Gasteiger partial charge is 0.338 e. The molecule has 1 atom stereocenters. The second kappa shape index (κ2) is 8.44. The van der Waals surface area contributed by atoms with Gasteiger partial charge in [0.05, 0.1) is 12.2 Å². The van der Waals surface area contributed by atoms with Crippen molar-refractivity contribution in [2.24, 2.45) is 0 Å². The van der Waals surface area contributed by atoms with Crippen molar-refractivity contribution in [2.75, 3.05) is 13.1 Å². The summed E-state index contributed by atoms with van der Waals surface area (Å²) in [5.41, 5.74) is 3.55. The molecule has 5 rings (SSSR count). The maximum absolute atomic E-state index is 13.0. The molecule has 2 fully saturated rings. The van der Waals surface area contributed by atoms with Crippen LogP contribution in [0.1, 0.15) is 47.3 Å². The Kier molecular flexibility index (Phi) is 5.43. The molecule has 4 amide bonds. The summed E-state index contributed by atoms with van der Waals surface area (Å²) in [6.07, 6.45) is 5.66. The topological polar surface area (TPSA) is 96.3 Å². The van der Waals surface area contributed by atoms with Crippen LogP contribution in [0.2, 0.25) is 0 Å². The fraction of sp³-hybridized carbons (Fsp3) is 0.308. The molecule has 3 aromatic rings. The molecule has 1 aromatic heterocycles. The monoisotopic (exact) mass is 457 g/mol. The van der Waals surface area contributed by atoms with Gasteiger partial charge in [-0.3, -0.25) is 19.6 Å². The van der Waals surface area contributed by atoms with E-state index in [1.807, 2.05) is 15.8 Å². The molecule has 2 N–H and O–H groups in total. The van der Waals surface area contributed by atoms with E-state index >= 15 is 0 Å². The minimum Gasteiger partial charge on any atom is -0.338 e. The number of hydrogen-bond donors (Lipinski definition) is 2. The summed E-state index contributed by atoms with van der Waals surface area (Å²) >= 11 is 0. The van der Waals surface area contributed by atoms with E-state index in [4.69, 9.17) is 0 Å². The first kappa shape index (κ1) is 21.9. The first-order chi connectivity index (χ1) is 16.3. The van der Waals surface area contributed by atoms with Crippen LogP contribution in [-0.4, -0.2) is 45.6 Å².